The minimum absolute atomic E-state index is 0.256. The molecule has 1 fully saturated rings. The Hall–Kier alpha value is -1.24. The molecule has 0 aromatic carbocycles. The molecular formula is C10H13N4O7PS. The number of H-pyrrole nitrogens is 1. The van der Waals surface area contributed by atoms with Gasteiger partial charge in [-0.15, -0.1) is 0 Å². The molecule has 0 amide bonds. The SMILES string of the molecule is O=P(O)(O)OCC1OC(n2cnc3c(=S)nc[nH]c32)C(O)C1O. The Labute approximate surface area is 133 Å². The molecule has 5 N–H and O–H groups in total. The van der Waals surface area contributed by atoms with Crippen molar-refractivity contribution in [2.75, 3.05) is 6.61 Å². The Balaban J connectivity index is 1.87. The molecule has 0 saturated carbocycles. The van der Waals surface area contributed by atoms with Gasteiger partial charge in [-0.25, -0.2) is 14.5 Å². The number of phosphoric acid groups is 1. The van der Waals surface area contributed by atoms with Gasteiger partial charge in [0, 0.05) is 0 Å². The van der Waals surface area contributed by atoms with E-state index in [-0.39, 0.29) is 4.64 Å². The van der Waals surface area contributed by atoms with Gasteiger partial charge in [-0.2, -0.15) is 0 Å². The van der Waals surface area contributed by atoms with Crippen molar-refractivity contribution < 1.29 is 33.8 Å². The van der Waals surface area contributed by atoms with E-state index < -0.39 is 39.0 Å². The number of aromatic nitrogens is 4. The number of hydrogen-bond acceptors (Lipinski definition) is 8. The molecule has 1 aliphatic heterocycles. The van der Waals surface area contributed by atoms with Crippen LogP contribution in [0.15, 0.2) is 12.7 Å². The van der Waals surface area contributed by atoms with E-state index in [1.54, 1.807) is 0 Å². The highest BCUT2D eigenvalue weighted by Crippen LogP contribution is 2.38. The van der Waals surface area contributed by atoms with Crippen LogP contribution >= 0.6 is 20.0 Å². The van der Waals surface area contributed by atoms with Crippen molar-refractivity contribution in [3.8, 4) is 0 Å². The smallest absolute Gasteiger partial charge is 0.387 e. The lowest BCUT2D eigenvalue weighted by Gasteiger charge is -2.16. The minimum Gasteiger partial charge on any atom is -0.387 e. The number of ether oxygens (including phenoxy) is 1. The van der Waals surface area contributed by atoms with Crippen LogP contribution in [0.25, 0.3) is 11.2 Å². The zero-order valence-electron chi connectivity index (χ0n) is 11.4. The molecule has 3 heterocycles. The Bertz CT molecular complexity index is 819. The first-order chi connectivity index (χ1) is 10.8. The summed E-state index contributed by atoms with van der Waals surface area (Å²) in [7, 11) is -4.71. The molecule has 0 bridgehead atoms. The fraction of sp³-hybridized carbons (Fsp3) is 0.500. The zero-order valence-corrected chi connectivity index (χ0v) is 13.1. The Morgan fingerprint density at radius 1 is 1.39 bits per heavy atom. The molecule has 11 nitrogen and oxygen atoms in total. The number of imidazole rings is 1. The summed E-state index contributed by atoms with van der Waals surface area (Å²) in [6.45, 7) is -0.580. The number of nitrogens with one attached hydrogen (secondary N) is 1. The number of rotatable bonds is 4. The van der Waals surface area contributed by atoms with E-state index in [1.807, 2.05) is 0 Å². The number of aromatic amines is 1. The van der Waals surface area contributed by atoms with Crippen molar-refractivity contribution in [3.05, 3.63) is 17.3 Å². The van der Waals surface area contributed by atoms with Crippen LogP contribution in [0, 0.1) is 4.64 Å². The van der Waals surface area contributed by atoms with Gasteiger partial charge in [0.2, 0.25) is 0 Å². The normalized spacial score (nSPS) is 28.5. The first-order valence-electron chi connectivity index (χ1n) is 6.40. The second kappa shape index (κ2) is 6.00. The summed E-state index contributed by atoms with van der Waals surface area (Å²) in [4.78, 5) is 28.2. The maximum atomic E-state index is 10.7. The molecule has 2 aromatic heterocycles. The van der Waals surface area contributed by atoms with Crippen molar-refractivity contribution in [1.82, 2.24) is 19.5 Å². The molecule has 1 aliphatic rings. The second-order valence-electron chi connectivity index (χ2n) is 4.89. The lowest BCUT2D eigenvalue weighted by Crippen LogP contribution is -2.33. The van der Waals surface area contributed by atoms with Crippen LogP contribution in [-0.2, 0) is 13.8 Å². The fourth-order valence-corrected chi connectivity index (χ4v) is 2.88. The van der Waals surface area contributed by atoms with Crippen LogP contribution in [0.3, 0.4) is 0 Å². The Kier molecular flexibility index (Phi) is 4.33. The molecule has 0 aliphatic carbocycles. The average molecular weight is 364 g/mol. The minimum atomic E-state index is -4.71. The predicted molar refractivity (Wildman–Crippen MR) is 76.6 cm³/mol. The highest BCUT2D eigenvalue weighted by molar-refractivity contribution is 7.71. The maximum absolute atomic E-state index is 10.7. The molecule has 3 rings (SSSR count). The fourth-order valence-electron chi connectivity index (χ4n) is 2.33. The van der Waals surface area contributed by atoms with Gasteiger partial charge < -0.3 is 29.7 Å². The van der Waals surface area contributed by atoms with E-state index in [0.717, 1.165) is 0 Å². The van der Waals surface area contributed by atoms with E-state index in [9.17, 15) is 14.8 Å². The molecule has 1 saturated heterocycles. The summed E-state index contributed by atoms with van der Waals surface area (Å²) < 4.78 is 22.2. The number of hydrogen-bond donors (Lipinski definition) is 5. The number of nitrogens with zero attached hydrogens (tertiary/aromatic N) is 3. The lowest BCUT2D eigenvalue weighted by molar-refractivity contribution is -0.0504. The summed E-state index contributed by atoms with van der Waals surface area (Å²) >= 11 is 5.03. The van der Waals surface area contributed by atoms with Gasteiger partial charge >= 0.3 is 7.82 Å². The number of aliphatic hydroxyl groups excluding tert-OH is 2. The van der Waals surface area contributed by atoms with E-state index in [2.05, 4.69) is 19.5 Å². The molecule has 2 aromatic rings. The monoisotopic (exact) mass is 364 g/mol. The topological polar surface area (TPSA) is 163 Å². The lowest BCUT2D eigenvalue weighted by atomic mass is 10.1. The Morgan fingerprint density at radius 2 is 2.13 bits per heavy atom. The molecule has 126 valence electrons. The van der Waals surface area contributed by atoms with Crippen molar-refractivity contribution in [2.24, 2.45) is 0 Å². The highest BCUT2D eigenvalue weighted by Gasteiger charge is 2.45. The van der Waals surface area contributed by atoms with Crippen LogP contribution in [-0.4, -0.2) is 64.4 Å². The number of phosphoric ester groups is 1. The van der Waals surface area contributed by atoms with E-state index in [0.29, 0.717) is 11.2 Å². The van der Waals surface area contributed by atoms with Gasteiger partial charge in [-0.3, -0.25) is 9.09 Å². The first kappa shape index (κ1) is 16.6. The van der Waals surface area contributed by atoms with Gasteiger partial charge in [-0.1, -0.05) is 12.2 Å². The summed E-state index contributed by atoms with van der Waals surface area (Å²) in [5.74, 6) is 0. The Morgan fingerprint density at radius 3 is 2.83 bits per heavy atom. The summed E-state index contributed by atoms with van der Waals surface area (Å²) in [5, 5.41) is 20.1. The molecule has 0 spiro atoms. The van der Waals surface area contributed by atoms with E-state index in [4.69, 9.17) is 26.7 Å². The number of aliphatic hydroxyl groups is 2. The third-order valence-electron chi connectivity index (χ3n) is 3.40. The molecule has 4 unspecified atom stereocenters. The highest BCUT2D eigenvalue weighted by atomic mass is 32.1. The molecule has 4 atom stereocenters. The standard InChI is InChI=1S/C10H13N4O7PS/c15-6-4(1-20-22(17,18)19)21-10(7(6)16)14-3-13-5-8(14)11-2-12-9(5)23/h2-4,6-7,10,15-16H,1H2,(H,11,12,23)(H2,17,18,19). The predicted octanol–water partition coefficient (Wildman–Crippen LogP) is -0.783. The van der Waals surface area contributed by atoms with Gasteiger partial charge in [-0.05, 0) is 0 Å². The van der Waals surface area contributed by atoms with Gasteiger partial charge in [0.05, 0.1) is 19.3 Å². The maximum Gasteiger partial charge on any atom is 0.469 e. The van der Waals surface area contributed by atoms with E-state index >= 15 is 0 Å². The molecule has 13 heteroatoms. The van der Waals surface area contributed by atoms with Gasteiger partial charge in [0.25, 0.3) is 0 Å². The summed E-state index contributed by atoms with van der Waals surface area (Å²) in [5.41, 5.74) is 0.820. The first-order valence-corrected chi connectivity index (χ1v) is 8.33. The van der Waals surface area contributed by atoms with Crippen LogP contribution in [0.5, 0.6) is 0 Å². The van der Waals surface area contributed by atoms with Gasteiger partial charge in [0.1, 0.15) is 29.5 Å². The third-order valence-corrected chi connectivity index (χ3v) is 4.18. The van der Waals surface area contributed by atoms with Crippen LogP contribution in [0.2, 0.25) is 0 Å². The van der Waals surface area contributed by atoms with Crippen LogP contribution < -0.4 is 0 Å². The van der Waals surface area contributed by atoms with Crippen molar-refractivity contribution >= 4 is 31.2 Å². The largest absolute Gasteiger partial charge is 0.469 e. The van der Waals surface area contributed by atoms with Gasteiger partial charge in [0.15, 0.2) is 10.9 Å². The number of fused-ring (bicyclic) bond motifs is 1. The quantitative estimate of drug-likeness (QED) is 0.343. The van der Waals surface area contributed by atoms with E-state index in [1.165, 1.54) is 17.2 Å². The summed E-state index contributed by atoms with van der Waals surface area (Å²) in [6.07, 6.45) is -2.19. The third kappa shape index (κ3) is 3.20. The molecule has 0 radical (unpaired) electrons. The van der Waals surface area contributed by atoms with Crippen molar-refractivity contribution in [3.63, 3.8) is 0 Å². The van der Waals surface area contributed by atoms with Crippen molar-refractivity contribution in [1.29, 1.82) is 0 Å². The molecule has 23 heavy (non-hydrogen) atoms. The van der Waals surface area contributed by atoms with Crippen LogP contribution in [0.4, 0.5) is 0 Å². The molecular weight excluding hydrogens is 351 g/mol. The van der Waals surface area contributed by atoms with Crippen LogP contribution in [0.1, 0.15) is 6.23 Å². The second-order valence-corrected chi connectivity index (χ2v) is 6.52. The zero-order chi connectivity index (χ0) is 16.8. The van der Waals surface area contributed by atoms with Crippen molar-refractivity contribution in [2.45, 2.75) is 24.5 Å². The average Bonchev–Trinajstić information content (AvgIpc) is 3.01. The summed E-state index contributed by atoms with van der Waals surface area (Å²) in [6, 6.07) is 0.